The average Bonchev–Trinajstić information content (AvgIpc) is 2.98. The first-order valence-corrected chi connectivity index (χ1v) is 7.27. The summed E-state index contributed by atoms with van der Waals surface area (Å²) in [6, 6.07) is 4.02. The van der Waals surface area contributed by atoms with E-state index in [9.17, 15) is 5.11 Å². The van der Waals surface area contributed by atoms with Crippen molar-refractivity contribution in [3.63, 3.8) is 0 Å². The van der Waals surface area contributed by atoms with Crippen molar-refractivity contribution < 1.29 is 9.52 Å². The first-order valence-electron chi connectivity index (χ1n) is 6.46. The second-order valence-electron chi connectivity index (χ2n) is 4.84. The summed E-state index contributed by atoms with van der Waals surface area (Å²) in [5.74, 6) is 0.620. The van der Waals surface area contributed by atoms with E-state index in [0.29, 0.717) is 12.2 Å². The van der Waals surface area contributed by atoms with Gasteiger partial charge in [-0.25, -0.2) is 4.98 Å². The zero-order valence-corrected chi connectivity index (χ0v) is 12.3. The van der Waals surface area contributed by atoms with Crippen LogP contribution in [0.15, 0.2) is 29.0 Å². The molecular weight excluding hydrogens is 260 g/mol. The molecule has 0 aromatic carbocycles. The molecule has 0 radical (unpaired) electrons. The van der Waals surface area contributed by atoms with Crippen LogP contribution in [0.2, 0.25) is 0 Å². The number of furan rings is 1. The summed E-state index contributed by atoms with van der Waals surface area (Å²) in [7, 11) is 0. The number of nitrogens with zero attached hydrogens (tertiary/aromatic N) is 1. The van der Waals surface area contributed by atoms with Gasteiger partial charge in [0, 0.05) is 23.2 Å². The number of aliphatic hydroxyl groups is 1. The Morgan fingerprint density at radius 2 is 2.26 bits per heavy atom. The number of thiazole rings is 1. The van der Waals surface area contributed by atoms with Crippen LogP contribution in [-0.4, -0.2) is 16.1 Å². The molecule has 2 rings (SSSR count). The van der Waals surface area contributed by atoms with Crippen LogP contribution in [0.1, 0.15) is 48.1 Å². The van der Waals surface area contributed by atoms with Gasteiger partial charge in [-0.05, 0) is 39.3 Å². The summed E-state index contributed by atoms with van der Waals surface area (Å²) < 4.78 is 5.20. The van der Waals surface area contributed by atoms with Crippen LogP contribution in [-0.2, 0) is 0 Å². The zero-order chi connectivity index (χ0) is 13.8. The fraction of sp³-hybridized carbons (Fsp3) is 0.500. The maximum atomic E-state index is 10.0. The summed E-state index contributed by atoms with van der Waals surface area (Å²) in [4.78, 5) is 5.48. The first-order chi connectivity index (χ1) is 9.06. The quantitative estimate of drug-likeness (QED) is 0.853. The largest absolute Gasteiger partial charge is 0.467 e. The van der Waals surface area contributed by atoms with E-state index in [2.05, 4.69) is 24.1 Å². The van der Waals surface area contributed by atoms with E-state index >= 15 is 0 Å². The Kier molecular flexibility index (Phi) is 4.74. The summed E-state index contributed by atoms with van der Waals surface area (Å²) >= 11 is 1.70. The average molecular weight is 280 g/mol. The Hall–Kier alpha value is -1.17. The molecule has 5 heteroatoms. The van der Waals surface area contributed by atoms with E-state index < -0.39 is 6.10 Å². The fourth-order valence-electron chi connectivity index (χ4n) is 2.09. The zero-order valence-electron chi connectivity index (χ0n) is 11.5. The summed E-state index contributed by atoms with van der Waals surface area (Å²) in [5.41, 5.74) is 0. The number of aromatic nitrogens is 1. The van der Waals surface area contributed by atoms with Gasteiger partial charge in [-0.15, -0.1) is 11.3 Å². The van der Waals surface area contributed by atoms with Crippen LogP contribution in [0.3, 0.4) is 0 Å². The first kappa shape index (κ1) is 14.2. The van der Waals surface area contributed by atoms with Gasteiger partial charge in [-0.1, -0.05) is 0 Å². The Balaban J connectivity index is 1.85. The molecule has 0 aliphatic carbocycles. The molecule has 2 aromatic heterocycles. The monoisotopic (exact) mass is 280 g/mol. The Morgan fingerprint density at radius 3 is 2.84 bits per heavy atom. The predicted molar refractivity (Wildman–Crippen MR) is 76.1 cm³/mol. The van der Waals surface area contributed by atoms with Crippen LogP contribution in [0.25, 0.3) is 0 Å². The maximum Gasteiger partial charge on any atom is 0.132 e. The molecule has 3 atom stereocenters. The highest BCUT2D eigenvalue weighted by Crippen LogP contribution is 2.23. The van der Waals surface area contributed by atoms with Gasteiger partial charge in [0.25, 0.3) is 0 Å². The fourth-order valence-corrected chi connectivity index (χ4v) is 2.88. The molecule has 2 aromatic rings. The predicted octanol–water partition coefficient (Wildman–Crippen LogP) is 3.21. The Labute approximate surface area is 117 Å². The maximum absolute atomic E-state index is 10.0. The lowest BCUT2D eigenvalue weighted by atomic mass is 10.1. The van der Waals surface area contributed by atoms with Crippen molar-refractivity contribution in [3.8, 4) is 0 Å². The number of hydrogen-bond donors (Lipinski definition) is 2. The minimum Gasteiger partial charge on any atom is -0.467 e. The number of rotatable bonds is 6. The SMILES string of the molecule is Cc1ncc(C(C)NC(C)CC(O)c2ccco2)s1. The molecule has 0 bridgehead atoms. The van der Waals surface area contributed by atoms with E-state index in [-0.39, 0.29) is 12.1 Å². The third-order valence-electron chi connectivity index (χ3n) is 3.05. The lowest BCUT2D eigenvalue weighted by molar-refractivity contribution is 0.127. The van der Waals surface area contributed by atoms with E-state index in [4.69, 9.17) is 4.42 Å². The van der Waals surface area contributed by atoms with Gasteiger partial charge >= 0.3 is 0 Å². The number of aryl methyl sites for hydroxylation is 1. The molecule has 0 saturated carbocycles. The third kappa shape index (κ3) is 3.89. The van der Waals surface area contributed by atoms with Crippen LogP contribution >= 0.6 is 11.3 Å². The minimum atomic E-state index is -0.562. The third-order valence-corrected chi connectivity index (χ3v) is 4.14. The second kappa shape index (κ2) is 6.32. The number of nitrogens with one attached hydrogen (secondary N) is 1. The van der Waals surface area contributed by atoms with Gasteiger partial charge in [-0.2, -0.15) is 0 Å². The molecule has 3 unspecified atom stereocenters. The summed E-state index contributed by atoms with van der Waals surface area (Å²) in [6.45, 7) is 6.18. The van der Waals surface area contributed by atoms with Crippen molar-refractivity contribution >= 4 is 11.3 Å². The van der Waals surface area contributed by atoms with Crippen LogP contribution in [0.5, 0.6) is 0 Å². The van der Waals surface area contributed by atoms with Crippen molar-refractivity contribution in [1.82, 2.24) is 10.3 Å². The molecule has 104 valence electrons. The standard InChI is InChI=1S/C14H20N2O2S/c1-9(7-12(17)13-5-4-6-18-13)16-10(2)14-8-15-11(3)19-14/h4-6,8-10,12,16-17H,7H2,1-3H3. The second-order valence-corrected chi connectivity index (χ2v) is 6.10. The normalized spacial score (nSPS) is 16.2. The highest BCUT2D eigenvalue weighted by Gasteiger charge is 2.17. The Bertz CT molecular complexity index is 495. The number of hydrogen-bond acceptors (Lipinski definition) is 5. The molecular formula is C14H20N2O2S. The Morgan fingerprint density at radius 1 is 1.47 bits per heavy atom. The van der Waals surface area contributed by atoms with Crippen LogP contribution < -0.4 is 5.32 Å². The van der Waals surface area contributed by atoms with E-state index in [1.165, 1.54) is 4.88 Å². The highest BCUT2D eigenvalue weighted by atomic mass is 32.1. The molecule has 0 spiro atoms. The van der Waals surface area contributed by atoms with E-state index in [0.717, 1.165) is 5.01 Å². The summed E-state index contributed by atoms with van der Waals surface area (Å²) in [5, 5.41) is 14.6. The topological polar surface area (TPSA) is 58.3 Å². The van der Waals surface area contributed by atoms with Gasteiger partial charge in [-0.3, -0.25) is 0 Å². The van der Waals surface area contributed by atoms with Crippen molar-refractivity contribution in [1.29, 1.82) is 0 Å². The van der Waals surface area contributed by atoms with Gasteiger partial charge < -0.3 is 14.8 Å². The smallest absolute Gasteiger partial charge is 0.132 e. The van der Waals surface area contributed by atoms with Crippen LogP contribution in [0.4, 0.5) is 0 Å². The van der Waals surface area contributed by atoms with Gasteiger partial charge in [0.2, 0.25) is 0 Å². The highest BCUT2D eigenvalue weighted by molar-refractivity contribution is 7.11. The molecule has 0 fully saturated rings. The van der Waals surface area contributed by atoms with Gasteiger partial charge in [0.15, 0.2) is 0 Å². The molecule has 4 nitrogen and oxygen atoms in total. The van der Waals surface area contributed by atoms with Gasteiger partial charge in [0.1, 0.15) is 11.9 Å². The van der Waals surface area contributed by atoms with Crippen molar-refractivity contribution in [2.75, 3.05) is 0 Å². The van der Waals surface area contributed by atoms with Crippen molar-refractivity contribution in [2.24, 2.45) is 0 Å². The van der Waals surface area contributed by atoms with Crippen molar-refractivity contribution in [3.05, 3.63) is 40.2 Å². The molecule has 19 heavy (non-hydrogen) atoms. The molecule has 0 aliphatic heterocycles. The van der Waals surface area contributed by atoms with E-state index in [1.807, 2.05) is 13.1 Å². The van der Waals surface area contributed by atoms with Crippen molar-refractivity contribution in [2.45, 2.75) is 45.4 Å². The summed E-state index contributed by atoms with van der Waals surface area (Å²) in [6.07, 6.45) is 3.55. The molecule has 2 N–H and O–H groups in total. The van der Waals surface area contributed by atoms with E-state index in [1.54, 1.807) is 29.7 Å². The lowest BCUT2D eigenvalue weighted by Crippen LogP contribution is -2.30. The lowest BCUT2D eigenvalue weighted by Gasteiger charge is -2.20. The number of aliphatic hydroxyl groups excluding tert-OH is 1. The molecule has 2 heterocycles. The molecule has 0 saturated heterocycles. The minimum absolute atomic E-state index is 0.192. The van der Waals surface area contributed by atoms with Crippen LogP contribution in [0, 0.1) is 6.92 Å². The molecule has 0 aliphatic rings. The molecule has 0 amide bonds. The van der Waals surface area contributed by atoms with Gasteiger partial charge in [0.05, 0.1) is 11.3 Å².